The lowest BCUT2D eigenvalue weighted by Crippen LogP contribution is -2.48. The highest BCUT2D eigenvalue weighted by Crippen LogP contribution is 2.11. The van der Waals surface area contributed by atoms with Gasteiger partial charge in [-0.05, 0) is 74.8 Å². The average molecular weight is 452 g/mol. The molecule has 0 saturated carbocycles. The zero-order valence-electron chi connectivity index (χ0n) is 18.5. The smallest absolute Gasteiger partial charge is 0.251 e. The minimum absolute atomic E-state index is 0.0492. The predicted molar refractivity (Wildman–Crippen MR) is 125 cm³/mol. The maximum atomic E-state index is 12.3. The number of anilines is 1. The van der Waals surface area contributed by atoms with Crippen LogP contribution in [0.3, 0.4) is 0 Å². The number of rotatable bonds is 10. The summed E-state index contributed by atoms with van der Waals surface area (Å²) in [6.07, 6.45) is 0.882. The van der Waals surface area contributed by atoms with Crippen molar-refractivity contribution < 1.29 is 24.6 Å². The van der Waals surface area contributed by atoms with Crippen LogP contribution in [0.15, 0.2) is 48.5 Å². The topological polar surface area (TPSA) is 142 Å². The number of Topliss-reactive ketones (excluding diaryl/α,β-unsaturated/α-hetero) is 1. The summed E-state index contributed by atoms with van der Waals surface area (Å²) >= 11 is 0. The van der Waals surface area contributed by atoms with Gasteiger partial charge >= 0.3 is 0 Å². The van der Waals surface area contributed by atoms with Gasteiger partial charge in [0.1, 0.15) is 12.6 Å². The number of ketones is 1. The molecule has 2 amide bonds. The van der Waals surface area contributed by atoms with E-state index in [0.29, 0.717) is 29.8 Å². The highest BCUT2D eigenvalue weighted by molar-refractivity contribution is 5.98. The summed E-state index contributed by atoms with van der Waals surface area (Å²) in [5.74, 6) is 4.76. The van der Waals surface area contributed by atoms with Crippen molar-refractivity contribution in [1.29, 1.82) is 0 Å². The molecule has 0 spiro atoms. The number of aliphatic hydroxyl groups excluding tert-OH is 2. The molecule has 6 N–H and O–H groups in total. The first-order valence-electron chi connectivity index (χ1n) is 10.7. The molecule has 0 radical (unpaired) electrons. The fraction of sp³-hybridized carbons (Fsp3) is 0.320. The van der Waals surface area contributed by atoms with Gasteiger partial charge in [-0.1, -0.05) is 11.8 Å². The number of nitrogens with two attached hydrogens (primary N) is 1. The van der Waals surface area contributed by atoms with Crippen molar-refractivity contribution >= 4 is 23.3 Å². The van der Waals surface area contributed by atoms with Crippen LogP contribution in [0.25, 0.3) is 0 Å². The number of amides is 2. The molecule has 2 atom stereocenters. The summed E-state index contributed by atoms with van der Waals surface area (Å²) in [4.78, 5) is 35.8. The van der Waals surface area contributed by atoms with E-state index >= 15 is 0 Å². The molecular weight excluding hydrogens is 422 g/mol. The third-order valence-electron chi connectivity index (χ3n) is 4.80. The van der Waals surface area contributed by atoms with Gasteiger partial charge in [0, 0.05) is 28.8 Å². The third kappa shape index (κ3) is 8.50. The average Bonchev–Trinajstić information content (AvgIpc) is 2.81. The summed E-state index contributed by atoms with van der Waals surface area (Å²) in [6.45, 7) is 1.17. The van der Waals surface area contributed by atoms with Crippen LogP contribution in [0.2, 0.25) is 0 Å². The van der Waals surface area contributed by atoms with Gasteiger partial charge in [-0.3, -0.25) is 14.4 Å². The van der Waals surface area contributed by atoms with Crippen molar-refractivity contribution in [3.63, 3.8) is 0 Å². The molecule has 0 bridgehead atoms. The Labute approximate surface area is 193 Å². The molecule has 2 aromatic carbocycles. The molecule has 0 aliphatic heterocycles. The minimum Gasteiger partial charge on any atom is -0.391 e. The molecule has 174 valence electrons. The molecule has 33 heavy (non-hydrogen) atoms. The Kier molecular flexibility index (Phi) is 10.2. The fourth-order valence-electron chi connectivity index (χ4n) is 2.93. The van der Waals surface area contributed by atoms with Crippen LogP contribution < -0.4 is 16.4 Å². The Morgan fingerprint density at radius 1 is 0.970 bits per heavy atom. The van der Waals surface area contributed by atoms with Crippen molar-refractivity contribution in [1.82, 2.24) is 5.32 Å². The third-order valence-corrected chi connectivity index (χ3v) is 4.80. The van der Waals surface area contributed by atoms with Crippen molar-refractivity contribution in [2.75, 3.05) is 18.5 Å². The predicted octanol–water partition coefficient (Wildman–Crippen LogP) is 1.19. The molecule has 0 heterocycles. The summed E-state index contributed by atoms with van der Waals surface area (Å²) < 4.78 is 0. The van der Waals surface area contributed by atoms with E-state index in [4.69, 9.17) is 10.8 Å². The summed E-state index contributed by atoms with van der Waals surface area (Å²) in [7, 11) is 0. The second kappa shape index (κ2) is 13.1. The van der Waals surface area contributed by atoms with Gasteiger partial charge in [0.2, 0.25) is 5.91 Å². The van der Waals surface area contributed by atoms with Crippen molar-refractivity contribution in [2.24, 2.45) is 5.73 Å². The van der Waals surface area contributed by atoms with Gasteiger partial charge in [0.25, 0.3) is 5.91 Å². The van der Waals surface area contributed by atoms with Crippen LogP contribution in [-0.2, 0) is 9.59 Å². The Morgan fingerprint density at radius 2 is 1.55 bits per heavy atom. The number of carbonyl (C=O) groups excluding carboxylic acids is 3. The number of carbonyl (C=O) groups is 3. The quantitative estimate of drug-likeness (QED) is 0.271. The lowest BCUT2D eigenvalue weighted by molar-refractivity contribution is -0.126. The van der Waals surface area contributed by atoms with E-state index in [1.165, 1.54) is 6.92 Å². The highest BCUT2D eigenvalue weighted by Gasteiger charge is 2.25. The number of benzene rings is 2. The number of nitrogens with one attached hydrogen (secondary N) is 2. The number of unbranched alkanes of at least 4 members (excludes halogenated alkanes) is 1. The second-order valence-corrected chi connectivity index (χ2v) is 7.51. The molecule has 0 aliphatic rings. The van der Waals surface area contributed by atoms with E-state index in [9.17, 15) is 19.5 Å². The van der Waals surface area contributed by atoms with Crippen LogP contribution in [0, 0.1) is 11.8 Å². The van der Waals surface area contributed by atoms with Crippen LogP contribution >= 0.6 is 0 Å². The SMILES string of the molecule is C[C@@H](O)[C@H](NC(=O)c1ccc(C#Cc2ccc(NC(=O)CCCCN)cc2)cc1)C(=O)CO. The molecule has 2 aromatic rings. The van der Waals surface area contributed by atoms with Crippen LogP contribution in [-0.4, -0.2) is 53.1 Å². The van der Waals surface area contributed by atoms with Gasteiger partial charge in [-0.25, -0.2) is 0 Å². The standard InChI is InChI=1S/C25H29N3O5/c1-17(30)24(22(31)16-29)28-25(33)20-11-7-18(8-12-20)5-6-19-9-13-21(14-10-19)27-23(32)4-2-3-15-26/h7-14,17,24,29-30H,2-4,15-16,26H2,1H3,(H,27,32)(H,28,33)/t17-,24+/m1/s1. The normalized spacial score (nSPS) is 12.1. The zero-order chi connectivity index (χ0) is 24.2. The molecule has 8 nitrogen and oxygen atoms in total. The van der Waals surface area contributed by atoms with E-state index in [1.54, 1.807) is 48.5 Å². The monoisotopic (exact) mass is 451 g/mol. The summed E-state index contributed by atoms with van der Waals surface area (Å²) in [5, 5.41) is 23.9. The van der Waals surface area contributed by atoms with Crippen LogP contribution in [0.1, 0.15) is 47.7 Å². The molecule has 0 aliphatic carbocycles. The first-order chi connectivity index (χ1) is 15.8. The molecule has 8 heteroatoms. The second-order valence-electron chi connectivity index (χ2n) is 7.51. The Bertz CT molecular complexity index is 1010. The van der Waals surface area contributed by atoms with E-state index in [0.717, 1.165) is 18.4 Å². The number of hydrogen-bond acceptors (Lipinski definition) is 6. The lowest BCUT2D eigenvalue weighted by Gasteiger charge is -2.19. The summed E-state index contributed by atoms with van der Waals surface area (Å²) in [6, 6.07) is 12.5. The molecular formula is C25H29N3O5. The maximum absolute atomic E-state index is 12.3. The van der Waals surface area contributed by atoms with E-state index in [2.05, 4.69) is 22.5 Å². The Hall–Kier alpha value is -3.51. The highest BCUT2D eigenvalue weighted by atomic mass is 16.3. The molecule has 0 saturated heterocycles. The zero-order valence-corrected chi connectivity index (χ0v) is 18.5. The Morgan fingerprint density at radius 3 is 2.06 bits per heavy atom. The van der Waals surface area contributed by atoms with Crippen molar-refractivity contribution in [3.05, 3.63) is 65.2 Å². The molecule has 0 fully saturated rings. The van der Waals surface area contributed by atoms with Crippen LogP contribution in [0.4, 0.5) is 5.69 Å². The molecule has 0 aromatic heterocycles. The van der Waals surface area contributed by atoms with Gasteiger partial charge in [-0.2, -0.15) is 0 Å². The van der Waals surface area contributed by atoms with Crippen molar-refractivity contribution in [3.8, 4) is 11.8 Å². The summed E-state index contributed by atoms with van der Waals surface area (Å²) in [5.41, 5.74) is 7.87. The van der Waals surface area contributed by atoms with Crippen molar-refractivity contribution in [2.45, 2.75) is 38.3 Å². The van der Waals surface area contributed by atoms with Gasteiger partial charge in [0.05, 0.1) is 6.10 Å². The maximum Gasteiger partial charge on any atom is 0.251 e. The van der Waals surface area contributed by atoms with Gasteiger partial charge in [-0.15, -0.1) is 0 Å². The Balaban J connectivity index is 1.96. The number of hydrogen-bond donors (Lipinski definition) is 5. The lowest BCUT2D eigenvalue weighted by atomic mass is 10.1. The minimum atomic E-state index is -1.18. The first-order valence-corrected chi connectivity index (χ1v) is 10.7. The van der Waals surface area contributed by atoms with Crippen LogP contribution in [0.5, 0.6) is 0 Å². The first kappa shape index (κ1) is 25.7. The van der Waals surface area contributed by atoms with Gasteiger partial charge in [0.15, 0.2) is 5.78 Å². The largest absolute Gasteiger partial charge is 0.391 e. The van der Waals surface area contributed by atoms with E-state index in [1.807, 2.05) is 0 Å². The van der Waals surface area contributed by atoms with Gasteiger partial charge < -0.3 is 26.6 Å². The fourth-order valence-corrected chi connectivity index (χ4v) is 2.93. The van der Waals surface area contributed by atoms with E-state index < -0.39 is 30.4 Å². The molecule has 0 unspecified atom stereocenters. The number of aliphatic hydroxyl groups is 2. The molecule has 2 rings (SSSR count). The van der Waals surface area contributed by atoms with E-state index in [-0.39, 0.29) is 5.91 Å².